The third kappa shape index (κ3) is 3.83. The standard InChI is InChI=1S/C21H33NO4/c1-7-21(19(23)24)10-8-9-11-22(21)14-16-17(25-5)12-15(20(2,3)4)13-18(16)26-6/h12-13H,7-11,14H2,1-6H3,(H,23,24). The molecular formula is C21H33NO4. The third-order valence-electron chi connectivity index (χ3n) is 5.68. The number of carboxylic acids is 1. The van der Waals surface area contributed by atoms with Gasteiger partial charge in [0.15, 0.2) is 0 Å². The molecule has 1 aliphatic rings. The van der Waals surface area contributed by atoms with Crippen molar-refractivity contribution in [2.75, 3.05) is 20.8 Å². The monoisotopic (exact) mass is 363 g/mol. The number of rotatable bonds is 6. The summed E-state index contributed by atoms with van der Waals surface area (Å²) < 4.78 is 11.3. The number of carbonyl (C=O) groups is 1. The number of hydrogen-bond acceptors (Lipinski definition) is 4. The van der Waals surface area contributed by atoms with Crippen molar-refractivity contribution in [3.05, 3.63) is 23.3 Å². The fraction of sp³-hybridized carbons (Fsp3) is 0.667. The molecule has 5 heteroatoms. The second-order valence-electron chi connectivity index (χ2n) is 8.18. The smallest absolute Gasteiger partial charge is 0.324 e. The van der Waals surface area contributed by atoms with E-state index in [1.807, 2.05) is 6.92 Å². The predicted molar refractivity (Wildman–Crippen MR) is 103 cm³/mol. The lowest BCUT2D eigenvalue weighted by atomic mass is 9.83. The molecule has 2 rings (SSSR count). The Morgan fingerprint density at radius 1 is 1.19 bits per heavy atom. The van der Waals surface area contributed by atoms with Gasteiger partial charge in [-0.3, -0.25) is 9.69 Å². The highest BCUT2D eigenvalue weighted by atomic mass is 16.5. The lowest BCUT2D eigenvalue weighted by molar-refractivity contribution is -0.155. The predicted octanol–water partition coefficient (Wildman–Crippen LogP) is 4.22. The summed E-state index contributed by atoms with van der Waals surface area (Å²) in [7, 11) is 3.32. The first-order valence-corrected chi connectivity index (χ1v) is 9.43. The van der Waals surface area contributed by atoms with E-state index in [0.29, 0.717) is 19.4 Å². The lowest BCUT2D eigenvalue weighted by Crippen LogP contribution is -2.56. The minimum absolute atomic E-state index is 0.0293. The van der Waals surface area contributed by atoms with Gasteiger partial charge in [-0.25, -0.2) is 0 Å². The summed E-state index contributed by atoms with van der Waals surface area (Å²) in [5, 5.41) is 9.94. The Morgan fingerprint density at radius 2 is 1.77 bits per heavy atom. The Morgan fingerprint density at radius 3 is 2.19 bits per heavy atom. The fourth-order valence-corrected chi connectivity index (χ4v) is 3.88. The van der Waals surface area contributed by atoms with Gasteiger partial charge in [0.25, 0.3) is 0 Å². The summed E-state index contributed by atoms with van der Waals surface area (Å²) >= 11 is 0. The summed E-state index contributed by atoms with van der Waals surface area (Å²) in [6.07, 6.45) is 3.24. The topological polar surface area (TPSA) is 59.0 Å². The highest BCUT2D eigenvalue weighted by molar-refractivity contribution is 5.79. The van der Waals surface area contributed by atoms with Crippen molar-refractivity contribution in [1.29, 1.82) is 0 Å². The maximum Gasteiger partial charge on any atom is 0.324 e. The molecule has 5 nitrogen and oxygen atoms in total. The molecule has 0 aliphatic carbocycles. The maximum absolute atomic E-state index is 12.1. The van der Waals surface area contributed by atoms with Gasteiger partial charge in [-0.15, -0.1) is 0 Å². The average molecular weight is 363 g/mol. The molecule has 0 spiro atoms. The molecule has 0 amide bonds. The second kappa shape index (κ2) is 7.87. The van der Waals surface area contributed by atoms with Crippen LogP contribution in [0.15, 0.2) is 12.1 Å². The van der Waals surface area contributed by atoms with Crippen molar-refractivity contribution in [2.45, 2.75) is 70.9 Å². The van der Waals surface area contributed by atoms with E-state index in [2.05, 4.69) is 37.8 Å². The van der Waals surface area contributed by atoms with Crippen LogP contribution in [-0.2, 0) is 16.8 Å². The normalized spacial score (nSPS) is 21.5. The van der Waals surface area contributed by atoms with Gasteiger partial charge in [0.1, 0.15) is 17.0 Å². The van der Waals surface area contributed by atoms with Crippen molar-refractivity contribution in [2.24, 2.45) is 0 Å². The van der Waals surface area contributed by atoms with E-state index >= 15 is 0 Å². The van der Waals surface area contributed by atoms with E-state index in [9.17, 15) is 9.90 Å². The summed E-state index contributed by atoms with van der Waals surface area (Å²) in [6, 6.07) is 4.10. The van der Waals surface area contributed by atoms with Crippen LogP contribution in [0.2, 0.25) is 0 Å². The molecule has 0 bridgehead atoms. The Kier molecular flexibility index (Phi) is 6.22. The van der Waals surface area contributed by atoms with Crippen LogP contribution in [0.25, 0.3) is 0 Å². The van der Waals surface area contributed by atoms with E-state index in [1.165, 1.54) is 0 Å². The third-order valence-corrected chi connectivity index (χ3v) is 5.68. The van der Waals surface area contributed by atoms with Crippen molar-refractivity contribution >= 4 is 5.97 Å². The molecule has 1 aromatic carbocycles. The Hall–Kier alpha value is -1.75. The van der Waals surface area contributed by atoms with Gasteiger partial charge < -0.3 is 14.6 Å². The first-order chi connectivity index (χ1) is 12.2. The zero-order valence-electron chi connectivity index (χ0n) is 17.0. The SMILES string of the molecule is CCC1(C(=O)O)CCCCN1Cc1c(OC)cc(C(C)(C)C)cc1OC. The Bertz CT molecular complexity index is 625. The molecule has 0 saturated carbocycles. The van der Waals surface area contributed by atoms with Gasteiger partial charge in [0, 0.05) is 6.54 Å². The molecule has 1 aromatic rings. The number of ether oxygens (including phenoxy) is 2. The zero-order chi connectivity index (χ0) is 19.5. The molecule has 1 unspecified atom stereocenters. The first kappa shape index (κ1) is 20.6. The number of piperidine rings is 1. The lowest BCUT2D eigenvalue weighted by Gasteiger charge is -2.44. The van der Waals surface area contributed by atoms with Crippen LogP contribution >= 0.6 is 0 Å². The van der Waals surface area contributed by atoms with E-state index in [1.54, 1.807) is 14.2 Å². The van der Waals surface area contributed by atoms with Gasteiger partial charge in [-0.1, -0.05) is 27.7 Å². The number of methoxy groups -OCH3 is 2. The molecule has 1 atom stereocenters. The van der Waals surface area contributed by atoms with Crippen molar-refractivity contribution < 1.29 is 19.4 Å². The highest BCUT2D eigenvalue weighted by Crippen LogP contribution is 2.39. The number of nitrogens with zero attached hydrogens (tertiary/aromatic N) is 1. The van der Waals surface area contributed by atoms with Crippen molar-refractivity contribution in [3.8, 4) is 11.5 Å². The summed E-state index contributed by atoms with van der Waals surface area (Å²) in [6.45, 7) is 9.70. The van der Waals surface area contributed by atoms with Crippen LogP contribution in [0.5, 0.6) is 11.5 Å². The first-order valence-electron chi connectivity index (χ1n) is 9.43. The number of aliphatic carboxylic acids is 1. The largest absolute Gasteiger partial charge is 0.496 e. The maximum atomic E-state index is 12.1. The van der Waals surface area contributed by atoms with Crippen LogP contribution in [0.4, 0.5) is 0 Å². The highest BCUT2D eigenvalue weighted by Gasteiger charge is 2.44. The molecule has 0 aromatic heterocycles. The van der Waals surface area contributed by atoms with E-state index in [0.717, 1.165) is 42.0 Å². The van der Waals surface area contributed by atoms with Gasteiger partial charge in [0.2, 0.25) is 0 Å². The molecule has 1 fully saturated rings. The molecular weight excluding hydrogens is 330 g/mol. The van der Waals surface area contributed by atoms with Gasteiger partial charge in [-0.05, 0) is 55.3 Å². The van der Waals surface area contributed by atoms with Crippen molar-refractivity contribution in [3.63, 3.8) is 0 Å². The van der Waals surface area contributed by atoms with Crippen LogP contribution in [-0.4, -0.2) is 42.3 Å². The number of hydrogen-bond donors (Lipinski definition) is 1. The summed E-state index contributed by atoms with van der Waals surface area (Å²) in [4.78, 5) is 14.2. The molecule has 1 heterocycles. The van der Waals surface area contributed by atoms with E-state index in [-0.39, 0.29) is 5.41 Å². The Balaban J connectivity index is 2.48. The van der Waals surface area contributed by atoms with Crippen LogP contribution < -0.4 is 9.47 Å². The van der Waals surface area contributed by atoms with Gasteiger partial charge in [0.05, 0.1) is 19.8 Å². The number of likely N-dealkylation sites (tertiary alicyclic amines) is 1. The van der Waals surface area contributed by atoms with Crippen LogP contribution in [0, 0.1) is 0 Å². The van der Waals surface area contributed by atoms with Gasteiger partial charge >= 0.3 is 5.97 Å². The molecule has 0 radical (unpaired) electrons. The molecule has 26 heavy (non-hydrogen) atoms. The molecule has 1 aliphatic heterocycles. The summed E-state index contributed by atoms with van der Waals surface area (Å²) in [5.41, 5.74) is 1.22. The van der Waals surface area contributed by atoms with E-state index in [4.69, 9.17) is 9.47 Å². The fourth-order valence-electron chi connectivity index (χ4n) is 3.88. The second-order valence-corrected chi connectivity index (χ2v) is 8.18. The molecule has 146 valence electrons. The number of carboxylic acid groups (broad SMARTS) is 1. The minimum atomic E-state index is -0.809. The van der Waals surface area contributed by atoms with Crippen LogP contribution in [0.3, 0.4) is 0 Å². The molecule has 1 N–H and O–H groups in total. The average Bonchev–Trinajstić information content (AvgIpc) is 2.61. The number of benzene rings is 1. The zero-order valence-corrected chi connectivity index (χ0v) is 17.0. The molecule has 1 saturated heterocycles. The Labute approximate surface area is 157 Å². The van der Waals surface area contributed by atoms with Crippen LogP contribution in [0.1, 0.15) is 64.5 Å². The quantitative estimate of drug-likeness (QED) is 0.820. The minimum Gasteiger partial charge on any atom is -0.496 e. The van der Waals surface area contributed by atoms with Crippen molar-refractivity contribution in [1.82, 2.24) is 4.90 Å². The summed E-state index contributed by atoms with van der Waals surface area (Å²) in [5.74, 6) is 0.787. The van der Waals surface area contributed by atoms with E-state index < -0.39 is 11.5 Å². The van der Waals surface area contributed by atoms with Gasteiger partial charge in [-0.2, -0.15) is 0 Å².